The number of aliphatic hydroxyl groups is 1. The molecule has 2 aromatic carbocycles. The van der Waals surface area contributed by atoms with Crippen LogP contribution in [0.25, 0.3) is 11.1 Å². The fourth-order valence-electron chi connectivity index (χ4n) is 2.99. The van der Waals surface area contributed by atoms with Crippen molar-refractivity contribution in [1.29, 1.82) is 0 Å². The molecule has 0 saturated carbocycles. The minimum Gasteiger partial charge on any atom is -0.386 e. The van der Waals surface area contributed by atoms with Crippen LogP contribution in [0.15, 0.2) is 54.6 Å². The molecule has 0 radical (unpaired) electrons. The Morgan fingerprint density at radius 1 is 0.957 bits per heavy atom. The number of rotatable bonds is 4. The Hall–Kier alpha value is -2.17. The first-order chi connectivity index (χ1) is 11.2. The average molecular weight is 310 g/mol. The fourth-order valence-corrected chi connectivity index (χ4v) is 2.99. The predicted molar refractivity (Wildman–Crippen MR) is 90.6 cm³/mol. The second-order valence-corrected chi connectivity index (χ2v) is 5.99. The number of amides is 1. The molecule has 3 N–H and O–H groups in total. The second kappa shape index (κ2) is 6.94. The fraction of sp³-hybridized carbons (Fsp3) is 0.316. The van der Waals surface area contributed by atoms with E-state index in [0.717, 1.165) is 37.1 Å². The van der Waals surface area contributed by atoms with Crippen LogP contribution in [0, 0.1) is 0 Å². The summed E-state index contributed by atoms with van der Waals surface area (Å²) >= 11 is 0. The van der Waals surface area contributed by atoms with Gasteiger partial charge in [-0.1, -0.05) is 54.6 Å². The lowest BCUT2D eigenvalue weighted by atomic mass is 9.98. The molecule has 1 amide bonds. The predicted octanol–water partition coefficient (Wildman–Crippen LogP) is 2.34. The average Bonchev–Trinajstić information content (AvgIpc) is 3.15. The minimum absolute atomic E-state index is 0.165. The smallest absolute Gasteiger partial charge is 0.242 e. The lowest BCUT2D eigenvalue weighted by Gasteiger charge is -2.24. The van der Waals surface area contributed by atoms with Crippen molar-refractivity contribution in [2.75, 3.05) is 13.1 Å². The Bertz CT molecular complexity index is 649. The van der Waals surface area contributed by atoms with Crippen molar-refractivity contribution in [1.82, 2.24) is 4.90 Å². The first-order valence-electron chi connectivity index (χ1n) is 8.04. The number of likely N-dealkylation sites (tertiary alicyclic amines) is 1. The van der Waals surface area contributed by atoms with Crippen molar-refractivity contribution in [2.24, 2.45) is 5.73 Å². The summed E-state index contributed by atoms with van der Waals surface area (Å²) in [7, 11) is 0. The third-order valence-electron chi connectivity index (χ3n) is 4.40. The van der Waals surface area contributed by atoms with Crippen LogP contribution in [0.5, 0.6) is 0 Å². The Morgan fingerprint density at radius 3 is 2.13 bits per heavy atom. The topological polar surface area (TPSA) is 66.6 Å². The maximum atomic E-state index is 12.3. The van der Waals surface area contributed by atoms with E-state index in [1.54, 1.807) is 4.90 Å². The molecule has 2 atom stereocenters. The molecule has 1 aliphatic heterocycles. The van der Waals surface area contributed by atoms with E-state index in [9.17, 15) is 9.90 Å². The molecule has 1 fully saturated rings. The van der Waals surface area contributed by atoms with Crippen LogP contribution in [0.3, 0.4) is 0 Å². The summed E-state index contributed by atoms with van der Waals surface area (Å²) in [5.41, 5.74) is 8.84. The molecule has 1 heterocycles. The number of carbonyl (C=O) groups is 1. The monoisotopic (exact) mass is 310 g/mol. The van der Waals surface area contributed by atoms with Gasteiger partial charge >= 0.3 is 0 Å². The lowest BCUT2D eigenvalue weighted by molar-refractivity contribution is -0.134. The molecule has 4 heteroatoms. The van der Waals surface area contributed by atoms with E-state index in [4.69, 9.17) is 5.73 Å². The van der Waals surface area contributed by atoms with Crippen LogP contribution < -0.4 is 5.73 Å². The van der Waals surface area contributed by atoms with Gasteiger partial charge in [-0.3, -0.25) is 4.79 Å². The van der Waals surface area contributed by atoms with Gasteiger partial charge in [-0.25, -0.2) is 0 Å². The van der Waals surface area contributed by atoms with E-state index in [0.29, 0.717) is 5.56 Å². The van der Waals surface area contributed by atoms with Gasteiger partial charge in [-0.15, -0.1) is 0 Å². The Balaban J connectivity index is 1.72. The van der Waals surface area contributed by atoms with Crippen molar-refractivity contribution in [3.8, 4) is 11.1 Å². The van der Waals surface area contributed by atoms with Gasteiger partial charge in [-0.05, 0) is 29.5 Å². The molecule has 1 aliphatic rings. The summed E-state index contributed by atoms with van der Waals surface area (Å²) in [6.45, 7) is 1.48. The summed E-state index contributed by atoms with van der Waals surface area (Å²) in [4.78, 5) is 14.0. The molecule has 0 bridgehead atoms. The standard InChI is InChI=1S/C19H22N2O2/c20-17(19(23)21-12-4-5-13-21)18(22)16-10-8-15(9-11-16)14-6-2-1-3-7-14/h1-3,6-11,17-18,22H,4-5,12-13,20H2/t17-,18+/m1/s1. The summed E-state index contributed by atoms with van der Waals surface area (Å²) in [6, 6.07) is 16.7. The third kappa shape index (κ3) is 3.44. The summed E-state index contributed by atoms with van der Waals surface area (Å²) < 4.78 is 0. The zero-order valence-corrected chi connectivity index (χ0v) is 13.1. The van der Waals surface area contributed by atoms with Crippen molar-refractivity contribution >= 4 is 5.91 Å². The van der Waals surface area contributed by atoms with Crippen LogP contribution in [-0.2, 0) is 4.79 Å². The maximum Gasteiger partial charge on any atom is 0.242 e. The molecule has 4 nitrogen and oxygen atoms in total. The molecule has 0 unspecified atom stereocenters. The van der Waals surface area contributed by atoms with E-state index >= 15 is 0 Å². The van der Waals surface area contributed by atoms with E-state index < -0.39 is 12.1 Å². The van der Waals surface area contributed by atoms with Crippen molar-refractivity contribution in [3.63, 3.8) is 0 Å². The summed E-state index contributed by atoms with van der Waals surface area (Å²) in [5.74, 6) is -0.165. The zero-order chi connectivity index (χ0) is 16.2. The summed E-state index contributed by atoms with van der Waals surface area (Å²) in [5, 5.41) is 10.4. The van der Waals surface area contributed by atoms with E-state index in [1.165, 1.54) is 0 Å². The largest absolute Gasteiger partial charge is 0.386 e. The van der Waals surface area contributed by atoms with Gasteiger partial charge in [0.15, 0.2) is 0 Å². The van der Waals surface area contributed by atoms with Gasteiger partial charge in [0.25, 0.3) is 0 Å². The first kappa shape index (κ1) is 15.7. The molecule has 23 heavy (non-hydrogen) atoms. The molecular formula is C19H22N2O2. The first-order valence-corrected chi connectivity index (χ1v) is 8.04. The van der Waals surface area contributed by atoms with Gasteiger partial charge in [0.1, 0.15) is 12.1 Å². The van der Waals surface area contributed by atoms with E-state index in [1.807, 2.05) is 54.6 Å². The van der Waals surface area contributed by atoms with Gasteiger partial charge in [0.05, 0.1) is 0 Å². The highest BCUT2D eigenvalue weighted by molar-refractivity contribution is 5.82. The molecule has 120 valence electrons. The molecule has 2 aromatic rings. The number of benzene rings is 2. The van der Waals surface area contributed by atoms with Gasteiger partial charge in [0.2, 0.25) is 5.91 Å². The highest BCUT2D eigenvalue weighted by Gasteiger charge is 2.29. The van der Waals surface area contributed by atoms with Gasteiger partial charge in [-0.2, -0.15) is 0 Å². The molecule has 1 saturated heterocycles. The van der Waals surface area contributed by atoms with Crippen LogP contribution in [0.1, 0.15) is 24.5 Å². The van der Waals surface area contributed by atoms with Crippen molar-refractivity contribution in [2.45, 2.75) is 25.0 Å². The second-order valence-electron chi connectivity index (χ2n) is 5.99. The third-order valence-corrected chi connectivity index (χ3v) is 4.40. The highest BCUT2D eigenvalue weighted by Crippen LogP contribution is 2.24. The van der Waals surface area contributed by atoms with E-state index in [-0.39, 0.29) is 5.91 Å². The SMILES string of the molecule is N[C@@H](C(=O)N1CCCC1)[C@@H](O)c1ccc(-c2ccccc2)cc1. The molecule has 0 aliphatic carbocycles. The maximum absolute atomic E-state index is 12.3. The van der Waals surface area contributed by atoms with Crippen molar-refractivity contribution < 1.29 is 9.90 Å². The Morgan fingerprint density at radius 2 is 1.52 bits per heavy atom. The molecule has 0 spiro atoms. The van der Waals surface area contributed by atoms with Crippen molar-refractivity contribution in [3.05, 3.63) is 60.2 Å². The molecular weight excluding hydrogens is 288 g/mol. The molecule has 3 rings (SSSR count). The number of nitrogens with zero attached hydrogens (tertiary/aromatic N) is 1. The van der Waals surface area contributed by atoms with Gasteiger partial charge in [0, 0.05) is 13.1 Å². The molecule has 0 aromatic heterocycles. The number of hydrogen-bond acceptors (Lipinski definition) is 3. The zero-order valence-electron chi connectivity index (χ0n) is 13.1. The van der Waals surface area contributed by atoms with Crippen LogP contribution >= 0.6 is 0 Å². The Kier molecular flexibility index (Phi) is 4.74. The number of nitrogens with two attached hydrogens (primary N) is 1. The normalized spacial score (nSPS) is 17.0. The number of hydrogen-bond donors (Lipinski definition) is 2. The summed E-state index contributed by atoms with van der Waals surface area (Å²) in [6.07, 6.45) is 1.05. The number of carbonyl (C=O) groups excluding carboxylic acids is 1. The highest BCUT2D eigenvalue weighted by atomic mass is 16.3. The van der Waals surface area contributed by atoms with Crippen LogP contribution in [-0.4, -0.2) is 35.0 Å². The lowest BCUT2D eigenvalue weighted by Crippen LogP contribution is -2.45. The number of aliphatic hydroxyl groups excluding tert-OH is 1. The minimum atomic E-state index is -0.979. The van der Waals surface area contributed by atoms with Crippen LogP contribution in [0.2, 0.25) is 0 Å². The van der Waals surface area contributed by atoms with E-state index in [2.05, 4.69) is 0 Å². The van der Waals surface area contributed by atoms with Gasteiger partial charge < -0.3 is 15.7 Å². The Labute approximate surface area is 136 Å². The quantitative estimate of drug-likeness (QED) is 0.911. The van der Waals surface area contributed by atoms with Crippen LogP contribution in [0.4, 0.5) is 0 Å².